The molecule has 1 heteroatoms. The Morgan fingerprint density at radius 3 is 1.20 bits per heavy atom. The first kappa shape index (κ1) is 22.7. The molecule has 0 aliphatic heterocycles. The van der Waals surface area contributed by atoms with E-state index in [1.165, 1.54) is 65.7 Å². The molecule has 0 aliphatic rings. The molecule has 0 amide bonds. The Morgan fingerprint density at radius 2 is 0.750 bits per heavy atom. The van der Waals surface area contributed by atoms with Gasteiger partial charge in [0.2, 0.25) is 0 Å². The lowest BCUT2D eigenvalue weighted by molar-refractivity contribution is 1.51. The van der Waals surface area contributed by atoms with Gasteiger partial charge in [0.1, 0.15) is 0 Å². The molecule has 0 spiro atoms. The molecular formula is C39H25N. The van der Waals surface area contributed by atoms with Crippen LogP contribution in [0.2, 0.25) is 0 Å². The highest BCUT2D eigenvalue weighted by Gasteiger charge is 2.17. The highest BCUT2D eigenvalue weighted by atomic mass is 14.7. The normalized spacial score (nSPS) is 11.5. The molecule has 0 saturated carbocycles. The van der Waals surface area contributed by atoms with E-state index in [0.717, 1.165) is 11.0 Å². The topological polar surface area (TPSA) is 12.9 Å². The lowest BCUT2D eigenvalue weighted by atomic mass is 9.89. The zero-order valence-electron chi connectivity index (χ0n) is 21.9. The summed E-state index contributed by atoms with van der Waals surface area (Å²) in [7, 11) is 0. The molecule has 0 unspecified atom stereocenters. The molecule has 0 aliphatic carbocycles. The quantitative estimate of drug-likeness (QED) is 0.171. The van der Waals surface area contributed by atoms with E-state index >= 15 is 0 Å². The van der Waals surface area contributed by atoms with E-state index in [1.54, 1.807) is 0 Å². The fourth-order valence-corrected chi connectivity index (χ4v) is 6.12. The van der Waals surface area contributed by atoms with E-state index in [2.05, 4.69) is 152 Å². The maximum Gasteiger partial charge on any atom is 0.0722 e. The lowest BCUT2D eigenvalue weighted by Crippen LogP contribution is -1.92. The van der Waals surface area contributed by atoms with E-state index < -0.39 is 0 Å². The molecule has 1 nitrogen and oxygen atoms in total. The number of aromatic nitrogens is 1. The minimum absolute atomic E-state index is 1.02. The van der Waals surface area contributed by atoms with Crippen LogP contribution in [0.3, 0.4) is 0 Å². The summed E-state index contributed by atoms with van der Waals surface area (Å²) >= 11 is 0. The van der Waals surface area contributed by atoms with E-state index in [-0.39, 0.29) is 0 Å². The Hall–Kier alpha value is -5.27. The number of hydrogen-bond donors (Lipinski definition) is 0. The summed E-state index contributed by atoms with van der Waals surface area (Å²) in [5, 5.41) is 7.30. The minimum Gasteiger partial charge on any atom is -0.248 e. The van der Waals surface area contributed by atoms with Gasteiger partial charge in [-0.2, -0.15) is 0 Å². The number of hydrogen-bond acceptors (Lipinski definition) is 1. The van der Waals surface area contributed by atoms with Crippen molar-refractivity contribution in [2.45, 2.75) is 0 Å². The molecule has 0 fully saturated rings. The van der Waals surface area contributed by atoms with Crippen LogP contribution >= 0.6 is 0 Å². The van der Waals surface area contributed by atoms with Crippen molar-refractivity contribution in [2.75, 3.05) is 0 Å². The van der Waals surface area contributed by atoms with E-state index in [4.69, 9.17) is 4.98 Å². The largest absolute Gasteiger partial charge is 0.248 e. The van der Waals surface area contributed by atoms with Gasteiger partial charge in [0, 0.05) is 16.3 Å². The Morgan fingerprint density at radius 1 is 0.325 bits per heavy atom. The second-order valence-electron chi connectivity index (χ2n) is 10.4. The van der Waals surface area contributed by atoms with Crippen molar-refractivity contribution in [3.63, 3.8) is 0 Å². The first-order chi connectivity index (χ1) is 19.8. The molecule has 0 saturated heterocycles. The van der Waals surface area contributed by atoms with Gasteiger partial charge in [0.05, 0.1) is 11.0 Å². The fraction of sp³-hybridized carbons (Fsp3) is 0. The lowest BCUT2D eigenvalue weighted by Gasteiger charge is -2.16. The van der Waals surface area contributed by atoms with Gasteiger partial charge in [-0.15, -0.1) is 0 Å². The minimum atomic E-state index is 1.02. The van der Waals surface area contributed by atoms with Gasteiger partial charge in [0.25, 0.3) is 0 Å². The predicted octanol–water partition coefficient (Wildman–Crippen LogP) is 10.7. The molecule has 7 aromatic carbocycles. The molecule has 1 aromatic heterocycles. The monoisotopic (exact) mass is 507 g/mol. The average Bonchev–Trinajstić information content (AvgIpc) is 3.04. The summed E-state index contributed by atoms with van der Waals surface area (Å²) in [6.07, 6.45) is 0. The van der Waals surface area contributed by atoms with Gasteiger partial charge in [-0.3, -0.25) is 0 Å². The van der Waals surface area contributed by atoms with Gasteiger partial charge in [0.15, 0.2) is 0 Å². The van der Waals surface area contributed by atoms with Crippen LogP contribution in [0.4, 0.5) is 0 Å². The van der Waals surface area contributed by atoms with Crippen LogP contribution in [0.15, 0.2) is 152 Å². The number of nitrogens with zero attached hydrogens (tertiary/aromatic N) is 1. The highest BCUT2D eigenvalue weighted by Crippen LogP contribution is 2.42. The molecule has 0 radical (unpaired) electrons. The summed E-state index contributed by atoms with van der Waals surface area (Å²) in [6.45, 7) is 0. The smallest absolute Gasteiger partial charge is 0.0722 e. The van der Waals surface area contributed by atoms with Crippen molar-refractivity contribution in [3.05, 3.63) is 152 Å². The Bertz CT molecular complexity index is 2040. The van der Waals surface area contributed by atoms with Crippen LogP contribution in [0.25, 0.3) is 76.7 Å². The standard InChI is InChI=1S/C39H25N/c1-4-10-26(11-5-1)29-16-20-33-31(24-29)18-22-35-38(33)37(28-14-8-3-9-15-28)39-34-21-17-30(27-12-6-2-7-13-27)25-32(34)19-23-36(39)40-35/h1-25H. The van der Waals surface area contributed by atoms with E-state index in [9.17, 15) is 0 Å². The molecule has 0 N–H and O–H groups in total. The number of pyridine rings is 1. The van der Waals surface area contributed by atoms with Crippen molar-refractivity contribution >= 4 is 43.4 Å². The van der Waals surface area contributed by atoms with Gasteiger partial charge in [-0.1, -0.05) is 127 Å². The summed E-state index contributed by atoms with van der Waals surface area (Å²) in [4.78, 5) is 5.23. The summed E-state index contributed by atoms with van der Waals surface area (Å²) in [6, 6.07) is 54.4. The van der Waals surface area contributed by atoms with E-state index in [0.29, 0.717) is 0 Å². The zero-order chi connectivity index (χ0) is 26.5. The van der Waals surface area contributed by atoms with Crippen molar-refractivity contribution in [1.82, 2.24) is 4.98 Å². The van der Waals surface area contributed by atoms with Crippen LogP contribution in [0.5, 0.6) is 0 Å². The second-order valence-corrected chi connectivity index (χ2v) is 10.4. The maximum absolute atomic E-state index is 5.23. The molecule has 186 valence electrons. The molecule has 0 bridgehead atoms. The van der Waals surface area contributed by atoms with Crippen LogP contribution in [0, 0.1) is 0 Å². The molecule has 8 aromatic rings. The van der Waals surface area contributed by atoms with Gasteiger partial charge < -0.3 is 0 Å². The second kappa shape index (κ2) is 9.18. The number of rotatable bonds is 3. The first-order valence-corrected chi connectivity index (χ1v) is 13.7. The summed E-state index contributed by atoms with van der Waals surface area (Å²) < 4.78 is 0. The average molecular weight is 508 g/mol. The summed E-state index contributed by atoms with van der Waals surface area (Å²) in [5.74, 6) is 0. The predicted molar refractivity (Wildman–Crippen MR) is 171 cm³/mol. The van der Waals surface area contributed by atoms with Crippen LogP contribution in [0.1, 0.15) is 0 Å². The van der Waals surface area contributed by atoms with Crippen LogP contribution in [-0.2, 0) is 0 Å². The van der Waals surface area contributed by atoms with Crippen molar-refractivity contribution in [2.24, 2.45) is 0 Å². The van der Waals surface area contributed by atoms with Crippen LogP contribution in [-0.4, -0.2) is 4.98 Å². The van der Waals surface area contributed by atoms with Crippen LogP contribution < -0.4 is 0 Å². The number of fused-ring (bicyclic) bond motifs is 6. The molecule has 0 atom stereocenters. The van der Waals surface area contributed by atoms with Crippen molar-refractivity contribution < 1.29 is 0 Å². The maximum atomic E-state index is 5.23. The Balaban J connectivity index is 1.48. The highest BCUT2D eigenvalue weighted by molar-refractivity contribution is 6.25. The third-order valence-corrected chi connectivity index (χ3v) is 8.01. The third kappa shape index (κ3) is 3.67. The molecule has 1 heterocycles. The van der Waals surface area contributed by atoms with Crippen molar-refractivity contribution in [3.8, 4) is 33.4 Å². The summed E-state index contributed by atoms with van der Waals surface area (Å²) in [5.41, 5.74) is 9.39. The third-order valence-electron chi connectivity index (χ3n) is 8.01. The zero-order valence-corrected chi connectivity index (χ0v) is 21.9. The number of benzene rings is 7. The van der Waals surface area contributed by atoms with Gasteiger partial charge in [-0.05, 0) is 73.6 Å². The Labute approximate surface area is 233 Å². The van der Waals surface area contributed by atoms with E-state index in [1.807, 2.05) is 0 Å². The fourth-order valence-electron chi connectivity index (χ4n) is 6.12. The van der Waals surface area contributed by atoms with Gasteiger partial charge in [-0.25, -0.2) is 4.98 Å². The van der Waals surface area contributed by atoms with Crippen molar-refractivity contribution in [1.29, 1.82) is 0 Å². The first-order valence-electron chi connectivity index (χ1n) is 13.7. The molecule has 8 rings (SSSR count). The van der Waals surface area contributed by atoms with Gasteiger partial charge >= 0.3 is 0 Å². The SMILES string of the molecule is c1ccc(-c2ccc3c(ccc4nc5ccc6cc(-c7ccccc7)ccc6c5c(-c5ccccc5)c43)c2)cc1. The molecule has 40 heavy (non-hydrogen) atoms. The molecular weight excluding hydrogens is 482 g/mol. The Kier molecular flexibility index (Phi) is 5.21.